The highest BCUT2D eigenvalue weighted by molar-refractivity contribution is 5.69. The molecule has 21 heavy (non-hydrogen) atoms. The van der Waals surface area contributed by atoms with E-state index in [0.29, 0.717) is 18.7 Å². The van der Waals surface area contributed by atoms with Crippen molar-refractivity contribution in [1.29, 1.82) is 5.26 Å². The highest BCUT2D eigenvalue weighted by Gasteiger charge is 2.36. The average molecular weight is 288 g/mol. The maximum atomic E-state index is 11.9. The summed E-state index contributed by atoms with van der Waals surface area (Å²) in [4.78, 5) is 19.8. The first-order valence-corrected chi connectivity index (χ1v) is 6.87. The fourth-order valence-electron chi connectivity index (χ4n) is 2.02. The van der Waals surface area contributed by atoms with Crippen LogP contribution in [0.3, 0.4) is 0 Å². The third-order valence-corrected chi connectivity index (χ3v) is 3.30. The highest BCUT2D eigenvalue weighted by Crippen LogP contribution is 2.21. The molecule has 6 heteroatoms. The van der Waals surface area contributed by atoms with Gasteiger partial charge in [-0.1, -0.05) is 0 Å². The molecule has 0 aromatic carbocycles. The Morgan fingerprint density at radius 3 is 2.62 bits per heavy atom. The largest absolute Gasteiger partial charge is 0.444 e. The predicted molar refractivity (Wildman–Crippen MR) is 79.0 cm³/mol. The Hall–Kier alpha value is -2.29. The molecule has 1 saturated heterocycles. The fourth-order valence-corrected chi connectivity index (χ4v) is 2.02. The average Bonchev–Trinajstić information content (AvgIpc) is 2.34. The van der Waals surface area contributed by atoms with Crippen LogP contribution in [0, 0.1) is 11.3 Å². The molecule has 1 aromatic heterocycles. The van der Waals surface area contributed by atoms with E-state index in [1.807, 2.05) is 44.9 Å². The summed E-state index contributed by atoms with van der Waals surface area (Å²) >= 11 is 0. The number of nitrogens with zero attached hydrogens (tertiary/aromatic N) is 4. The second kappa shape index (κ2) is 5.60. The number of hydrogen-bond acceptors (Lipinski definition) is 5. The minimum Gasteiger partial charge on any atom is -0.444 e. The molecule has 112 valence electrons. The Balaban J connectivity index is 1.89. The van der Waals surface area contributed by atoms with E-state index in [-0.39, 0.29) is 12.1 Å². The van der Waals surface area contributed by atoms with Crippen LogP contribution in [-0.4, -0.2) is 47.8 Å². The molecule has 1 amide bonds. The maximum absolute atomic E-state index is 11.9. The molecule has 0 unspecified atom stereocenters. The lowest BCUT2D eigenvalue weighted by atomic mass is 10.1. The second-order valence-electron chi connectivity index (χ2n) is 6.17. The topological polar surface area (TPSA) is 69.5 Å². The van der Waals surface area contributed by atoms with Gasteiger partial charge in [-0.25, -0.2) is 9.78 Å². The van der Waals surface area contributed by atoms with Gasteiger partial charge in [-0.05, 0) is 32.9 Å². The second-order valence-corrected chi connectivity index (χ2v) is 6.17. The van der Waals surface area contributed by atoms with Gasteiger partial charge in [0.15, 0.2) is 0 Å². The van der Waals surface area contributed by atoms with Crippen molar-refractivity contribution in [2.24, 2.45) is 0 Å². The molecule has 1 aliphatic rings. The van der Waals surface area contributed by atoms with Crippen molar-refractivity contribution in [3.8, 4) is 6.07 Å². The van der Waals surface area contributed by atoms with E-state index in [4.69, 9.17) is 10.00 Å². The Morgan fingerprint density at radius 2 is 2.14 bits per heavy atom. The quantitative estimate of drug-likeness (QED) is 0.832. The lowest BCUT2D eigenvalue weighted by Gasteiger charge is -2.44. The van der Waals surface area contributed by atoms with Gasteiger partial charge in [-0.15, -0.1) is 0 Å². The summed E-state index contributed by atoms with van der Waals surface area (Å²) in [5.41, 5.74) is 0.0686. The first-order chi connectivity index (χ1) is 9.80. The summed E-state index contributed by atoms with van der Waals surface area (Å²) in [7, 11) is 1.94. The lowest BCUT2D eigenvalue weighted by Crippen LogP contribution is -2.61. The van der Waals surface area contributed by atoms with Gasteiger partial charge in [0.1, 0.15) is 17.5 Å². The third kappa shape index (κ3) is 3.63. The van der Waals surface area contributed by atoms with Crippen LogP contribution in [0.2, 0.25) is 0 Å². The number of nitriles is 1. The number of amides is 1. The van der Waals surface area contributed by atoms with Crippen LogP contribution in [0.1, 0.15) is 26.3 Å². The number of likely N-dealkylation sites (tertiary alicyclic amines) is 1. The molecule has 1 fully saturated rings. The Labute approximate surface area is 124 Å². The number of likely N-dealkylation sites (N-methyl/N-ethyl adjacent to an activating group) is 1. The van der Waals surface area contributed by atoms with E-state index in [2.05, 4.69) is 4.98 Å². The van der Waals surface area contributed by atoms with E-state index in [0.717, 1.165) is 5.82 Å². The molecule has 2 rings (SSSR count). The van der Waals surface area contributed by atoms with E-state index in [1.165, 1.54) is 0 Å². The van der Waals surface area contributed by atoms with Crippen LogP contribution < -0.4 is 4.90 Å². The molecule has 2 heterocycles. The molecule has 0 aliphatic carbocycles. The van der Waals surface area contributed by atoms with Gasteiger partial charge in [0.2, 0.25) is 0 Å². The predicted octanol–water partition coefficient (Wildman–Crippen LogP) is 2.01. The summed E-state index contributed by atoms with van der Waals surface area (Å²) in [5, 5.41) is 8.76. The SMILES string of the molecule is CN(c1ccc(C#N)cn1)C1CN(C(=O)OC(C)(C)C)C1. The molecule has 0 spiro atoms. The van der Waals surface area contributed by atoms with Gasteiger partial charge in [0.05, 0.1) is 11.6 Å². The van der Waals surface area contributed by atoms with Gasteiger partial charge in [0, 0.05) is 26.3 Å². The monoisotopic (exact) mass is 288 g/mol. The first kappa shape index (κ1) is 15.1. The number of rotatable bonds is 2. The molecule has 0 radical (unpaired) electrons. The molecule has 0 atom stereocenters. The van der Waals surface area contributed by atoms with Crippen LogP contribution in [0.25, 0.3) is 0 Å². The molecule has 0 saturated carbocycles. The van der Waals surface area contributed by atoms with Crippen molar-refractivity contribution in [1.82, 2.24) is 9.88 Å². The van der Waals surface area contributed by atoms with Gasteiger partial charge < -0.3 is 14.5 Å². The minimum atomic E-state index is -0.469. The van der Waals surface area contributed by atoms with Gasteiger partial charge in [-0.3, -0.25) is 0 Å². The zero-order valence-electron chi connectivity index (χ0n) is 12.8. The van der Waals surface area contributed by atoms with E-state index >= 15 is 0 Å². The van der Waals surface area contributed by atoms with Gasteiger partial charge >= 0.3 is 6.09 Å². The molecular weight excluding hydrogens is 268 g/mol. The number of hydrogen-bond donors (Lipinski definition) is 0. The number of ether oxygens (including phenoxy) is 1. The zero-order valence-corrected chi connectivity index (χ0v) is 12.8. The molecule has 0 bridgehead atoms. The number of aromatic nitrogens is 1. The molecule has 1 aliphatic heterocycles. The minimum absolute atomic E-state index is 0.220. The van der Waals surface area contributed by atoms with Gasteiger partial charge in [0.25, 0.3) is 0 Å². The summed E-state index contributed by atoms with van der Waals surface area (Å²) < 4.78 is 5.32. The van der Waals surface area contributed by atoms with Crippen LogP contribution in [-0.2, 0) is 4.74 Å². The lowest BCUT2D eigenvalue weighted by molar-refractivity contribution is 0.00847. The van der Waals surface area contributed by atoms with Crippen molar-refractivity contribution < 1.29 is 9.53 Å². The van der Waals surface area contributed by atoms with Crippen molar-refractivity contribution in [3.05, 3.63) is 23.9 Å². The van der Waals surface area contributed by atoms with Crippen molar-refractivity contribution in [3.63, 3.8) is 0 Å². The van der Waals surface area contributed by atoms with Crippen LogP contribution in [0.4, 0.5) is 10.6 Å². The number of carbonyl (C=O) groups is 1. The molecule has 0 N–H and O–H groups in total. The fraction of sp³-hybridized carbons (Fsp3) is 0.533. The Morgan fingerprint density at radius 1 is 1.48 bits per heavy atom. The third-order valence-electron chi connectivity index (χ3n) is 3.30. The first-order valence-electron chi connectivity index (χ1n) is 6.87. The molecule has 6 nitrogen and oxygen atoms in total. The Bertz CT molecular complexity index is 551. The van der Waals surface area contributed by atoms with Gasteiger partial charge in [-0.2, -0.15) is 5.26 Å². The normalized spacial score (nSPS) is 15.1. The molecular formula is C15H20N4O2. The van der Waals surface area contributed by atoms with E-state index in [9.17, 15) is 4.79 Å². The Kier molecular flexibility index (Phi) is 4.03. The van der Waals surface area contributed by atoms with E-state index < -0.39 is 5.60 Å². The standard InChI is InChI=1S/C15H20N4O2/c1-15(2,3)21-14(20)19-9-12(10-19)18(4)13-6-5-11(7-16)8-17-13/h5-6,8,12H,9-10H2,1-4H3. The number of pyridine rings is 1. The summed E-state index contributed by atoms with van der Waals surface area (Å²) in [6, 6.07) is 5.82. The van der Waals surface area contributed by atoms with Crippen molar-refractivity contribution in [2.75, 3.05) is 25.0 Å². The van der Waals surface area contributed by atoms with Crippen LogP contribution in [0.5, 0.6) is 0 Å². The summed E-state index contributed by atoms with van der Waals surface area (Å²) in [6.45, 7) is 6.80. The van der Waals surface area contributed by atoms with Crippen molar-refractivity contribution in [2.45, 2.75) is 32.4 Å². The maximum Gasteiger partial charge on any atom is 0.410 e. The van der Waals surface area contributed by atoms with Crippen LogP contribution >= 0.6 is 0 Å². The summed E-state index contributed by atoms with van der Waals surface area (Å²) in [6.07, 6.45) is 1.27. The van der Waals surface area contributed by atoms with Crippen LogP contribution in [0.15, 0.2) is 18.3 Å². The number of anilines is 1. The smallest absolute Gasteiger partial charge is 0.410 e. The van der Waals surface area contributed by atoms with E-state index in [1.54, 1.807) is 17.2 Å². The highest BCUT2D eigenvalue weighted by atomic mass is 16.6. The number of carbonyl (C=O) groups excluding carboxylic acids is 1. The van der Waals surface area contributed by atoms with Crippen molar-refractivity contribution >= 4 is 11.9 Å². The zero-order chi connectivity index (χ0) is 15.6. The molecule has 1 aromatic rings. The summed E-state index contributed by atoms with van der Waals surface area (Å²) in [5.74, 6) is 0.794.